The maximum atomic E-state index is 5.78. The van der Waals surface area contributed by atoms with Crippen molar-refractivity contribution >= 4 is 35.6 Å². The molecule has 1 aromatic carbocycles. The molecule has 2 N–H and O–H groups in total. The van der Waals surface area contributed by atoms with Gasteiger partial charge in [-0.3, -0.25) is 0 Å². The minimum atomic E-state index is 0. The number of nitrogens with one attached hydrogen (secondary N) is 2. The highest BCUT2D eigenvalue weighted by molar-refractivity contribution is 14.0. The third kappa shape index (κ3) is 5.52. The molecule has 0 bridgehead atoms. The van der Waals surface area contributed by atoms with Gasteiger partial charge in [-0.25, -0.2) is 4.99 Å². The number of aromatic nitrogens is 3. The van der Waals surface area contributed by atoms with Gasteiger partial charge in [-0.2, -0.15) is 0 Å². The van der Waals surface area contributed by atoms with Crippen molar-refractivity contribution in [2.24, 2.45) is 4.99 Å². The Morgan fingerprint density at radius 3 is 2.83 bits per heavy atom. The lowest BCUT2D eigenvalue weighted by molar-refractivity contribution is 0.297. The summed E-state index contributed by atoms with van der Waals surface area (Å²) in [6.45, 7) is 5.66. The van der Waals surface area contributed by atoms with Crippen LogP contribution in [0, 0.1) is 0 Å². The van der Waals surface area contributed by atoms with Crippen molar-refractivity contribution in [1.29, 1.82) is 0 Å². The fraction of sp³-hybridized carbons (Fsp3) is 0.550. The van der Waals surface area contributed by atoms with Gasteiger partial charge < -0.3 is 24.7 Å². The molecule has 1 aromatic heterocycles. The highest BCUT2D eigenvalue weighted by Crippen LogP contribution is 2.32. The summed E-state index contributed by atoms with van der Waals surface area (Å²) in [5.74, 6) is 4.27. The average Bonchev–Trinajstić information content (AvgIpc) is 2.88. The number of fused-ring (bicyclic) bond motifs is 2. The summed E-state index contributed by atoms with van der Waals surface area (Å²) in [7, 11) is 0. The number of guanidine groups is 1. The van der Waals surface area contributed by atoms with Gasteiger partial charge in [0.05, 0.1) is 13.2 Å². The van der Waals surface area contributed by atoms with E-state index in [4.69, 9.17) is 14.5 Å². The van der Waals surface area contributed by atoms with E-state index in [9.17, 15) is 0 Å². The molecule has 0 saturated heterocycles. The number of benzene rings is 1. The zero-order valence-corrected chi connectivity index (χ0v) is 19.1. The predicted octanol–water partition coefficient (Wildman–Crippen LogP) is 3.36. The monoisotopic (exact) mass is 512 g/mol. The molecule has 158 valence electrons. The van der Waals surface area contributed by atoms with Gasteiger partial charge in [0, 0.05) is 37.7 Å². The highest BCUT2D eigenvalue weighted by Gasteiger charge is 2.15. The average molecular weight is 512 g/mol. The zero-order valence-electron chi connectivity index (χ0n) is 16.8. The zero-order chi connectivity index (χ0) is 19.2. The van der Waals surface area contributed by atoms with E-state index in [1.54, 1.807) is 0 Å². The molecule has 2 aliphatic rings. The van der Waals surface area contributed by atoms with Crippen LogP contribution in [0.2, 0.25) is 0 Å². The normalized spacial score (nSPS) is 16.1. The molecule has 0 radical (unpaired) electrons. The Hall–Kier alpha value is -2.04. The molecule has 0 amide bonds. The molecule has 8 nitrogen and oxygen atoms in total. The molecule has 2 aromatic rings. The molecule has 0 aliphatic carbocycles. The Balaban J connectivity index is 0.00000240. The summed E-state index contributed by atoms with van der Waals surface area (Å²) in [5, 5.41) is 15.4. The Morgan fingerprint density at radius 2 is 1.97 bits per heavy atom. The van der Waals surface area contributed by atoms with E-state index in [-0.39, 0.29) is 24.0 Å². The van der Waals surface area contributed by atoms with Crippen LogP contribution in [0.3, 0.4) is 0 Å². The smallest absolute Gasteiger partial charge is 0.196 e. The van der Waals surface area contributed by atoms with Crippen LogP contribution in [0.5, 0.6) is 11.5 Å². The van der Waals surface area contributed by atoms with Crippen LogP contribution in [0.1, 0.15) is 44.3 Å². The molecule has 0 spiro atoms. The van der Waals surface area contributed by atoms with E-state index in [1.165, 1.54) is 19.3 Å². The summed E-state index contributed by atoms with van der Waals surface area (Å²) in [6.07, 6.45) is 5.52. The van der Waals surface area contributed by atoms with E-state index in [2.05, 4.69) is 25.4 Å². The summed E-state index contributed by atoms with van der Waals surface area (Å²) in [4.78, 5) is 4.72. The first-order valence-electron chi connectivity index (χ1n) is 10.2. The molecule has 0 saturated carbocycles. The first kappa shape index (κ1) is 21.7. The Bertz CT molecular complexity index is 838. The molecule has 9 heteroatoms. The highest BCUT2D eigenvalue weighted by atomic mass is 127. The third-order valence-corrected chi connectivity index (χ3v) is 4.92. The van der Waals surface area contributed by atoms with Gasteiger partial charge in [0.1, 0.15) is 12.4 Å². The van der Waals surface area contributed by atoms with E-state index >= 15 is 0 Å². The topological polar surface area (TPSA) is 85.6 Å². The SMILES string of the molecule is CCNC(=NCc1nnc2n1CCCCC2)Nc1ccc2c(c1)OCCCO2.I. The van der Waals surface area contributed by atoms with E-state index < -0.39 is 0 Å². The number of hydrogen-bond donors (Lipinski definition) is 2. The van der Waals surface area contributed by atoms with Crippen molar-refractivity contribution in [3.63, 3.8) is 0 Å². The first-order chi connectivity index (χ1) is 13.8. The maximum absolute atomic E-state index is 5.78. The molecule has 29 heavy (non-hydrogen) atoms. The summed E-state index contributed by atoms with van der Waals surface area (Å²) < 4.78 is 13.7. The number of aliphatic imine (C=N–C) groups is 1. The van der Waals surface area contributed by atoms with Crippen LogP contribution in [-0.4, -0.2) is 40.5 Å². The van der Waals surface area contributed by atoms with Crippen molar-refractivity contribution in [1.82, 2.24) is 20.1 Å². The van der Waals surface area contributed by atoms with Crippen LogP contribution >= 0.6 is 24.0 Å². The van der Waals surface area contributed by atoms with Crippen molar-refractivity contribution in [3.05, 3.63) is 29.8 Å². The fourth-order valence-corrected chi connectivity index (χ4v) is 3.50. The Labute approximate surface area is 188 Å². The van der Waals surface area contributed by atoms with Crippen molar-refractivity contribution in [2.75, 3.05) is 25.1 Å². The van der Waals surface area contributed by atoms with Crippen LogP contribution in [0.4, 0.5) is 5.69 Å². The third-order valence-electron chi connectivity index (χ3n) is 4.92. The Morgan fingerprint density at radius 1 is 1.10 bits per heavy atom. The van der Waals surface area contributed by atoms with Crippen LogP contribution in [-0.2, 0) is 19.5 Å². The molecule has 4 rings (SSSR count). The van der Waals surface area contributed by atoms with Gasteiger partial charge >= 0.3 is 0 Å². The Kier molecular flexibility index (Phi) is 7.96. The van der Waals surface area contributed by atoms with Crippen molar-refractivity contribution in [3.8, 4) is 11.5 Å². The minimum Gasteiger partial charge on any atom is -0.490 e. The van der Waals surface area contributed by atoms with Gasteiger partial charge in [-0.15, -0.1) is 34.2 Å². The van der Waals surface area contributed by atoms with E-state index in [0.717, 1.165) is 54.8 Å². The van der Waals surface area contributed by atoms with Gasteiger partial charge in [0.2, 0.25) is 0 Å². The molecule has 3 heterocycles. The number of hydrogen-bond acceptors (Lipinski definition) is 5. The van der Waals surface area contributed by atoms with Crippen molar-refractivity contribution in [2.45, 2.75) is 52.1 Å². The second-order valence-corrected chi connectivity index (χ2v) is 7.03. The number of halogens is 1. The minimum absolute atomic E-state index is 0. The second kappa shape index (κ2) is 10.7. The number of aryl methyl sites for hydroxylation is 1. The largest absolute Gasteiger partial charge is 0.490 e. The number of ether oxygens (including phenoxy) is 2. The number of nitrogens with zero attached hydrogens (tertiary/aromatic N) is 4. The fourth-order valence-electron chi connectivity index (χ4n) is 3.50. The van der Waals surface area contributed by atoms with Crippen LogP contribution in [0.25, 0.3) is 0 Å². The molecular formula is C20H29IN6O2. The molecule has 0 unspecified atom stereocenters. The van der Waals surface area contributed by atoms with Gasteiger partial charge in [-0.1, -0.05) is 6.42 Å². The lowest BCUT2D eigenvalue weighted by Gasteiger charge is -2.14. The summed E-state index contributed by atoms with van der Waals surface area (Å²) >= 11 is 0. The lowest BCUT2D eigenvalue weighted by atomic mass is 10.2. The first-order valence-corrected chi connectivity index (χ1v) is 10.2. The number of anilines is 1. The predicted molar refractivity (Wildman–Crippen MR) is 123 cm³/mol. The van der Waals surface area contributed by atoms with Crippen molar-refractivity contribution < 1.29 is 9.47 Å². The number of rotatable bonds is 4. The standard InChI is InChI=1S/C20H28N6O2.HI/c1-2-21-20(22-14-19-25-24-18-7-4-3-5-10-26(18)19)23-15-8-9-16-17(13-15)28-12-6-11-27-16;/h8-9,13H,2-7,10-12,14H2,1H3,(H2,21,22,23);1H. The van der Waals surface area contributed by atoms with Gasteiger partial charge in [-0.05, 0) is 31.9 Å². The molecule has 2 aliphatic heterocycles. The lowest BCUT2D eigenvalue weighted by Crippen LogP contribution is -2.30. The van der Waals surface area contributed by atoms with Gasteiger partial charge in [0.25, 0.3) is 0 Å². The maximum Gasteiger partial charge on any atom is 0.196 e. The second-order valence-electron chi connectivity index (χ2n) is 7.03. The molecule has 0 fully saturated rings. The van der Waals surface area contributed by atoms with Gasteiger partial charge in [0.15, 0.2) is 23.3 Å². The van der Waals surface area contributed by atoms with Crippen LogP contribution in [0.15, 0.2) is 23.2 Å². The van der Waals surface area contributed by atoms with Crippen LogP contribution < -0.4 is 20.1 Å². The molecular weight excluding hydrogens is 483 g/mol. The quantitative estimate of drug-likeness (QED) is 0.372. The summed E-state index contributed by atoms with van der Waals surface area (Å²) in [6, 6.07) is 5.87. The summed E-state index contributed by atoms with van der Waals surface area (Å²) in [5.41, 5.74) is 0.907. The van der Waals surface area contributed by atoms with E-state index in [0.29, 0.717) is 25.7 Å². The molecule has 0 atom stereocenters. The van der Waals surface area contributed by atoms with E-state index in [1.807, 2.05) is 25.1 Å².